The average molecular weight is 375 g/mol. The van der Waals surface area contributed by atoms with E-state index in [1.54, 1.807) is 18.3 Å². The molecular weight excluding hydrogens is 348 g/mol. The number of anilines is 1. The van der Waals surface area contributed by atoms with Crippen molar-refractivity contribution in [3.63, 3.8) is 0 Å². The van der Waals surface area contributed by atoms with Crippen molar-refractivity contribution in [3.05, 3.63) is 34.1 Å². The third kappa shape index (κ3) is 3.59. The second-order valence-corrected chi connectivity index (χ2v) is 7.79. The van der Waals surface area contributed by atoms with Gasteiger partial charge in [0, 0.05) is 49.0 Å². The molecule has 1 fully saturated rings. The fourth-order valence-electron chi connectivity index (χ4n) is 3.79. The number of hydrogen-bond acceptors (Lipinski definition) is 6. The fourth-order valence-corrected chi connectivity index (χ4v) is 4.48. The minimum absolute atomic E-state index is 0.00295. The largest absolute Gasteiger partial charge is 0.355 e. The van der Waals surface area contributed by atoms with E-state index in [0.717, 1.165) is 49.0 Å². The van der Waals surface area contributed by atoms with Crippen LogP contribution in [0.25, 0.3) is 0 Å². The molecule has 1 aliphatic rings. The third-order valence-electron chi connectivity index (χ3n) is 5.18. The highest BCUT2D eigenvalue weighted by molar-refractivity contribution is 7.13. The van der Waals surface area contributed by atoms with Gasteiger partial charge in [-0.15, -0.1) is 11.3 Å². The van der Waals surface area contributed by atoms with Crippen LogP contribution in [-0.2, 0) is 0 Å². The lowest BCUT2D eigenvalue weighted by Crippen LogP contribution is -2.41. The molecule has 2 aromatic heterocycles. The standard InChI is InChI=1S/C19H26N4O2S/c1-12-16(15(4)24)13(2)21-17(12)18(25)14(3)22-7-5-8-23(10-9-22)19-20-6-11-26-19/h6,11,14,21H,5,7-10H2,1-4H3/t14-/m1/s1. The fraction of sp³-hybridized carbons (Fsp3) is 0.526. The van der Waals surface area contributed by atoms with Gasteiger partial charge < -0.3 is 9.88 Å². The smallest absolute Gasteiger partial charge is 0.196 e. The van der Waals surface area contributed by atoms with Gasteiger partial charge in [-0.25, -0.2) is 4.98 Å². The monoisotopic (exact) mass is 374 g/mol. The van der Waals surface area contributed by atoms with Crippen LogP contribution in [0, 0.1) is 13.8 Å². The minimum Gasteiger partial charge on any atom is -0.355 e. The van der Waals surface area contributed by atoms with Crippen molar-refractivity contribution in [2.24, 2.45) is 0 Å². The summed E-state index contributed by atoms with van der Waals surface area (Å²) in [4.78, 5) is 37.0. The van der Waals surface area contributed by atoms with E-state index in [-0.39, 0.29) is 17.6 Å². The number of aryl methyl sites for hydroxylation is 1. The molecule has 1 aliphatic heterocycles. The number of carbonyl (C=O) groups is 2. The van der Waals surface area contributed by atoms with Crippen molar-refractivity contribution in [2.45, 2.75) is 40.2 Å². The summed E-state index contributed by atoms with van der Waals surface area (Å²) >= 11 is 1.65. The Balaban J connectivity index is 1.73. The maximum Gasteiger partial charge on any atom is 0.196 e. The quantitative estimate of drug-likeness (QED) is 0.815. The van der Waals surface area contributed by atoms with E-state index in [4.69, 9.17) is 0 Å². The van der Waals surface area contributed by atoms with Crippen LogP contribution in [0.4, 0.5) is 5.13 Å². The second-order valence-electron chi connectivity index (χ2n) is 6.91. The molecule has 0 spiro atoms. The van der Waals surface area contributed by atoms with Crippen molar-refractivity contribution >= 4 is 28.0 Å². The van der Waals surface area contributed by atoms with Crippen molar-refractivity contribution in [1.29, 1.82) is 0 Å². The number of hydrogen-bond donors (Lipinski definition) is 1. The number of carbonyl (C=O) groups excluding carboxylic acids is 2. The summed E-state index contributed by atoms with van der Waals surface area (Å²) in [6, 6.07) is -0.220. The zero-order chi connectivity index (χ0) is 18.8. The highest BCUT2D eigenvalue weighted by Crippen LogP contribution is 2.23. The Labute approximate surface area is 158 Å². The Hall–Kier alpha value is -1.99. The summed E-state index contributed by atoms with van der Waals surface area (Å²) in [7, 11) is 0. The van der Waals surface area contributed by atoms with Crippen LogP contribution >= 0.6 is 11.3 Å². The molecule has 0 amide bonds. The summed E-state index contributed by atoms with van der Waals surface area (Å²) < 4.78 is 0. The summed E-state index contributed by atoms with van der Waals surface area (Å²) in [6.45, 7) is 10.7. The van der Waals surface area contributed by atoms with Crippen LogP contribution in [0.1, 0.15) is 52.4 Å². The number of ketones is 2. The molecular formula is C19H26N4O2S. The Morgan fingerprint density at radius 2 is 2.00 bits per heavy atom. The van der Waals surface area contributed by atoms with Crippen LogP contribution in [0.2, 0.25) is 0 Å². The molecule has 0 saturated carbocycles. The predicted octanol–water partition coefficient (Wildman–Crippen LogP) is 3.07. The Bertz CT molecular complexity index is 797. The van der Waals surface area contributed by atoms with Crippen molar-refractivity contribution < 1.29 is 9.59 Å². The summed E-state index contributed by atoms with van der Waals surface area (Å²) in [5.41, 5.74) is 2.76. The first-order valence-electron chi connectivity index (χ1n) is 9.03. The topological polar surface area (TPSA) is 69.3 Å². The van der Waals surface area contributed by atoms with Gasteiger partial charge in [0.25, 0.3) is 0 Å². The van der Waals surface area contributed by atoms with E-state index in [0.29, 0.717) is 11.3 Å². The van der Waals surface area contributed by atoms with Gasteiger partial charge in [0.05, 0.1) is 11.7 Å². The van der Waals surface area contributed by atoms with Crippen LogP contribution in [0.15, 0.2) is 11.6 Å². The number of Topliss-reactive ketones (excluding diaryl/α,β-unsaturated/α-hetero) is 2. The van der Waals surface area contributed by atoms with Gasteiger partial charge in [-0.1, -0.05) is 0 Å². The van der Waals surface area contributed by atoms with Gasteiger partial charge in [-0.05, 0) is 39.7 Å². The number of H-pyrrole nitrogens is 1. The Morgan fingerprint density at radius 3 is 2.62 bits per heavy atom. The van der Waals surface area contributed by atoms with Crippen molar-refractivity contribution in [1.82, 2.24) is 14.9 Å². The van der Waals surface area contributed by atoms with Gasteiger partial charge in [0.1, 0.15) is 0 Å². The molecule has 0 bridgehead atoms. The summed E-state index contributed by atoms with van der Waals surface area (Å²) in [5.74, 6) is 0.0533. The van der Waals surface area contributed by atoms with E-state index < -0.39 is 0 Å². The predicted molar refractivity (Wildman–Crippen MR) is 105 cm³/mol. The summed E-state index contributed by atoms with van der Waals surface area (Å²) in [5, 5.41) is 3.04. The van der Waals surface area contributed by atoms with Gasteiger partial charge >= 0.3 is 0 Å². The van der Waals surface area contributed by atoms with Gasteiger partial charge in [-0.3, -0.25) is 14.5 Å². The lowest BCUT2D eigenvalue weighted by atomic mass is 10.0. The minimum atomic E-state index is -0.220. The molecule has 3 heterocycles. The molecule has 0 radical (unpaired) electrons. The summed E-state index contributed by atoms with van der Waals surface area (Å²) in [6.07, 6.45) is 2.83. The van der Waals surface area contributed by atoms with E-state index >= 15 is 0 Å². The SMILES string of the molecule is CC(=O)c1c(C)[nH]c(C(=O)[C@@H](C)N2CCCN(c3nccs3)CC2)c1C. The average Bonchev–Trinajstić information content (AvgIpc) is 3.15. The molecule has 26 heavy (non-hydrogen) atoms. The Morgan fingerprint density at radius 1 is 1.23 bits per heavy atom. The molecule has 1 saturated heterocycles. The number of rotatable bonds is 5. The first-order valence-corrected chi connectivity index (χ1v) is 9.91. The van der Waals surface area contributed by atoms with Gasteiger partial charge in [0.2, 0.25) is 0 Å². The first kappa shape index (κ1) is 18.8. The molecule has 2 aromatic rings. The molecule has 7 heteroatoms. The third-order valence-corrected chi connectivity index (χ3v) is 6.02. The van der Waals surface area contributed by atoms with Crippen LogP contribution in [0.5, 0.6) is 0 Å². The highest BCUT2D eigenvalue weighted by atomic mass is 32.1. The maximum atomic E-state index is 13.1. The van der Waals surface area contributed by atoms with E-state index in [1.807, 2.05) is 32.3 Å². The molecule has 0 unspecified atom stereocenters. The number of aromatic nitrogens is 2. The zero-order valence-electron chi connectivity index (χ0n) is 15.8. The Kier molecular flexibility index (Phi) is 5.58. The molecule has 0 aromatic carbocycles. The molecule has 3 rings (SSSR count). The van der Waals surface area contributed by atoms with Crippen LogP contribution in [0.3, 0.4) is 0 Å². The van der Waals surface area contributed by atoms with Gasteiger partial charge in [0.15, 0.2) is 16.7 Å². The number of nitrogens with one attached hydrogen (secondary N) is 1. The van der Waals surface area contributed by atoms with Crippen molar-refractivity contribution in [2.75, 3.05) is 31.1 Å². The number of nitrogens with zero attached hydrogens (tertiary/aromatic N) is 3. The van der Waals surface area contributed by atoms with Crippen LogP contribution < -0.4 is 4.90 Å². The highest BCUT2D eigenvalue weighted by Gasteiger charge is 2.28. The molecule has 1 N–H and O–H groups in total. The first-order chi connectivity index (χ1) is 12.4. The van der Waals surface area contributed by atoms with Crippen molar-refractivity contribution in [3.8, 4) is 0 Å². The molecule has 1 atom stereocenters. The zero-order valence-corrected chi connectivity index (χ0v) is 16.7. The number of aromatic amines is 1. The maximum absolute atomic E-state index is 13.1. The van der Waals surface area contributed by atoms with E-state index in [1.165, 1.54) is 0 Å². The van der Waals surface area contributed by atoms with Crippen LogP contribution in [-0.4, -0.2) is 58.7 Å². The number of thiazole rings is 1. The lowest BCUT2D eigenvalue weighted by Gasteiger charge is -2.26. The normalized spacial score (nSPS) is 17.2. The second kappa shape index (κ2) is 7.72. The molecule has 0 aliphatic carbocycles. The lowest BCUT2D eigenvalue weighted by molar-refractivity contribution is 0.0841. The van der Waals surface area contributed by atoms with Gasteiger partial charge in [-0.2, -0.15) is 0 Å². The van der Waals surface area contributed by atoms with E-state index in [2.05, 4.69) is 19.8 Å². The molecule has 140 valence electrons. The van der Waals surface area contributed by atoms with E-state index in [9.17, 15) is 9.59 Å². The molecule has 6 nitrogen and oxygen atoms in total.